The summed E-state index contributed by atoms with van der Waals surface area (Å²) in [5.41, 5.74) is 10.2. The second-order valence-electron chi connectivity index (χ2n) is 12.1. The molecule has 0 aliphatic heterocycles. The molecule has 46 heavy (non-hydrogen) atoms. The number of carbonyl (C=O) groups is 2. The summed E-state index contributed by atoms with van der Waals surface area (Å²) in [7, 11) is -1.96. The number of hydrogen-bond donors (Lipinski definition) is 4. The van der Waals surface area contributed by atoms with Crippen LogP contribution in [0.4, 0.5) is 22.7 Å². The van der Waals surface area contributed by atoms with Gasteiger partial charge >= 0.3 is 0 Å². The molecule has 0 saturated carbocycles. The summed E-state index contributed by atoms with van der Waals surface area (Å²) in [5, 5.41) is 30.0. The lowest BCUT2D eigenvalue weighted by molar-refractivity contribution is -0.384. The minimum absolute atomic E-state index is 0.0409. The SMILES string of the molecule is Cc1cc2c(NCC=CCNc3c(OCCCO[Si](C)(C)C(C)(C)C)cc(C(N)=O)cc3[N+](=O)[O-])c([N+](=O)[O-])cc(C(N)=O)c2o1. The topological polar surface area (TPSA) is 228 Å². The Hall–Kier alpha value is -4.96. The summed E-state index contributed by atoms with van der Waals surface area (Å²) < 4.78 is 17.6. The third-order valence-electron chi connectivity index (χ3n) is 7.71. The molecule has 0 bridgehead atoms. The van der Waals surface area contributed by atoms with Gasteiger partial charge in [0.25, 0.3) is 17.3 Å². The van der Waals surface area contributed by atoms with E-state index in [4.69, 9.17) is 25.0 Å². The van der Waals surface area contributed by atoms with E-state index in [-0.39, 0.29) is 64.3 Å². The van der Waals surface area contributed by atoms with Crippen molar-refractivity contribution in [3.05, 3.63) is 73.5 Å². The zero-order valence-corrected chi connectivity index (χ0v) is 27.7. The van der Waals surface area contributed by atoms with E-state index < -0.39 is 35.7 Å². The molecule has 3 rings (SSSR count). The van der Waals surface area contributed by atoms with Crippen LogP contribution in [0.3, 0.4) is 0 Å². The van der Waals surface area contributed by atoms with Gasteiger partial charge in [-0.15, -0.1) is 0 Å². The molecule has 2 aromatic carbocycles. The third kappa shape index (κ3) is 8.39. The number of carbonyl (C=O) groups excluding carboxylic acids is 2. The Labute approximate surface area is 266 Å². The Kier molecular flexibility index (Phi) is 11.1. The van der Waals surface area contributed by atoms with E-state index in [2.05, 4.69) is 44.5 Å². The molecule has 3 aromatic rings. The van der Waals surface area contributed by atoms with Crippen LogP contribution >= 0.6 is 0 Å². The van der Waals surface area contributed by atoms with Crippen molar-refractivity contribution in [2.75, 3.05) is 36.9 Å². The number of nitrogens with zero attached hydrogens (tertiary/aromatic N) is 2. The third-order valence-corrected chi connectivity index (χ3v) is 12.2. The number of furan rings is 1. The normalized spacial score (nSPS) is 12.0. The van der Waals surface area contributed by atoms with Gasteiger partial charge in [0.1, 0.15) is 22.8 Å². The van der Waals surface area contributed by atoms with Gasteiger partial charge in [0.05, 0.1) is 27.4 Å². The van der Waals surface area contributed by atoms with Crippen LogP contribution in [0.25, 0.3) is 11.0 Å². The molecular formula is C30H40N6O9Si. The maximum Gasteiger partial charge on any atom is 0.296 e. The Morgan fingerprint density at radius 2 is 1.52 bits per heavy atom. The van der Waals surface area contributed by atoms with Crippen molar-refractivity contribution in [1.29, 1.82) is 0 Å². The van der Waals surface area contributed by atoms with Crippen molar-refractivity contribution < 1.29 is 33.0 Å². The van der Waals surface area contributed by atoms with Crippen molar-refractivity contribution in [3.8, 4) is 5.75 Å². The number of nitro benzene ring substituents is 2. The van der Waals surface area contributed by atoms with Gasteiger partial charge in [0, 0.05) is 43.8 Å². The average molecular weight is 657 g/mol. The molecule has 15 nitrogen and oxygen atoms in total. The van der Waals surface area contributed by atoms with Crippen LogP contribution in [0.1, 0.15) is 53.7 Å². The largest absolute Gasteiger partial charge is 0.491 e. The number of benzene rings is 2. The number of nitrogens with two attached hydrogens (primary N) is 2. The summed E-state index contributed by atoms with van der Waals surface area (Å²) in [6, 6.07) is 5.07. The van der Waals surface area contributed by atoms with Crippen molar-refractivity contribution in [2.45, 2.75) is 52.2 Å². The summed E-state index contributed by atoms with van der Waals surface area (Å²) in [4.78, 5) is 46.2. The molecule has 0 radical (unpaired) electrons. The van der Waals surface area contributed by atoms with Crippen LogP contribution in [0, 0.1) is 27.2 Å². The Balaban J connectivity index is 1.74. The van der Waals surface area contributed by atoms with E-state index in [1.807, 2.05) is 0 Å². The first-order chi connectivity index (χ1) is 21.4. The highest BCUT2D eigenvalue weighted by molar-refractivity contribution is 6.74. The summed E-state index contributed by atoms with van der Waals surface area (Å²) in [6.45, 7) is 13.2. The van der Waals surface area contributed by atoms with Crippen molar-refractivity contribution >= 4 is 53.9 Å². The van der Waals surface area contributed by atoms with Gasteiger partial charge in [0.15, 0.2) is 14.0 Å². The second kappa shape index (κ2) is 14.4. The number of ether oxygens (including phenoxy) is 1. The van der Waals surface area contributed by atoms with Gasteiger partial charge in [-0.05, 0) is 37.2 Å². The predicted molar refractivity (Wildman–Crippen MR) is 177 cm³/mol. The molecule has 0 spiro atoms. The Morgan fingerprint density at radius 1 is 0.935 bits per heavy atom. The number of rotatable bonds is 16. The lowest BCUT2D eigenvalue weighted by Gasteiger charge is -2.36. The van der Waals surface area contributed by atoms with Crippen LogP contribution in [-0.4, -0.2) is 56.3 Å². The minimum atomic E-state index is -1.96. The Morgan fingerprint density at radius 3 is 2.07 bits per heavy atom. The molecule has 1 aromatic heterocycles. The quantitative estimate of drug-likeness (QED) is 0.0485. The minimum Gasteiger partial charge on any atom is -0.491 e. The summed E-state index contributed by atoms with van der Waals surface area (Å²) in [6.07, 6.45) is 3.82. The molecule has 0 aliphatic carbocycles. The number of nitro groups is 2. The lowest BCUT2D eigenvalue weighted by Crippen LogP contribution is -2.41. The number of hydrogen-bond acceptors (Lipinski definition) is 11. The van der Waals surface area contributed by atoms with E-state index in [1.165, 1.54) is 6.07 Å². The fourth-order valence-electron chi connectivity index (χ4n) is 4.28. The fraction of sp³-hybridized carbons (Fsp3) is 0.400. The van der Waals surface area contributed by atoms with Gasteiger partial charge in [-0.2, -0.15) is 0 Å². The maximum atomic E-state index is 11.9. The molecule has 248 valence electrons. The first kappa shape index (κ1) is 35.5. The molecule has 6 N–H and O–H groups in total. The van der Waals surface area contributed by atoms with Gasteiger partial charge in [0.2, 0.25) is 5.91 Å². The molecule has 1 heterocycles. The molecular weight excluding hydrogens is 616 g/mol. The highest BCUT2D eigenvalue weighted by Crippen LogP contribution is 2.39. The average Bonchev–Trinajstić information content (AvgIpc) is 3.34. The first-order valence-corrected chi connectivity index (χ1v) is 17.4. The molecule has 2 amide bonds. The van der Waals surface area contributed by atoms with E-state index in [0.29, 0.717) is 24.2 Å². The van der Waals surface area contributed by atoms with Crippen molar-refractivity contribution in [1.82, 2.24) is 0 Å². The number of nitrogens with one attached hydrogen (secondary N) is 2. The number of fused-ring (bicyclic) bond motifs is 1. The van der Waals surface area contributed by atoms with Gasteiger partial charge in [-0.1, -0.05) is 32.9 Å². The van der Waals surface area contributed by atoms with Gasteiger partial charge in [-0.3, -0.25) is 29.8 Å². The highest BCUT2D eigenvalue weighted by Gasteiger charge is 2.36. The fourth-order valence-corrected chi connectivity index (χ4v) is 5.36. The number of primary amides is 2. The molecule has 0 fully saturated rings. The smallest absolute Gasteiger partial charge is 0.296 e. The standard InChI is InChI=1S/C30H40N6O9Si/c1-18-14-20-25(23(36(41)42)17-21(29(32)38)27(20)45-18)33-10-7-8-11-34-26-22(35(39)40)15-19(28(31)37)16-24(26)43-12-9-13-44-46(5,6)30(2,3)4/h7-8,14-17,33-34H,9-13H2,1-6H3,(H2,31,37)(H2,32,38). The summed E-state index contributed by atoms with van der Waals surface area (Å²) in [5.74, 6) is -1.18. The van der Waals surface area contributed by atoms with E-state index in [9.17, 15) is 29.8 Å². The summed E-state index contributed by atoms with van der Waals surface area (Å²) >= 11 is 0. The lowest BCUT2D eigenvalue weighted by atomic mass is 10.1. The van der Waals surface area contributed by atoms with Crippen LogP contribution in [0.5, 0.6) is 5.75 Å². The second-order valence-corrected chi connectivity index (χ2v) is 16.9. The monoisotopic (exact) mass is 656 g/mol. The number of amides is 2. The van der Waals surface area contributed by atoms with E-state index >= 15 is 0 Å². The zero-order chi connectivity index (χ0) is 34.4. The van der Waals surface area contributed by atoms with E-state index in [0.717, 1.165) is 12.1 Å². The predicted octanol–water partition coefficient (Wildman–Crippen LogP) is 5.63. The highest BCUT2D eigenvalue weighted by atomic mass is 28.4. The van der Waals surface area contributed by atoms with Crippen molar-refractivity contribution in [3.63, 3.8) is 0 Å². The molecule has 0 saturated heterocycles. The van der Waals surface area contributed by atoms with E-state index in [1.54, 1.807) is 25.1 Å². The van der Waals surface area contributed by atoms with Crippen LogP contribution < -0.4 is 26.8 Å². The van der Waals surface area contributed by atoms with Gasteiger partial charge < -0.3 is 35.7 Å². The van der Waals surface area contributed by atoms with Crippen LogP contribution in [0.2, 0.25) is 18.1 Å². The van der Waals surface area contributed by atoms with Crippen molar-refractivity contribution in [2.24, 2.45) is 11.5 Å². The van der Waals surface area contributed by atoms with Gasteiger partial charge in [-0.25, -0.2) is 0 Å². The molecule has 0 aliphatic rings. The molecule has 0 unspecified atom stereocenters. The molecule has 16 heteroatoms. The maximum absolute atomic E-state index is 11.9. The first-order valence-electron chi connectivity index (χ1n) is 14.5. The Bertz CT molecular complexity index is 1680. The number of aryl methyl sites for hydroxylation is 1. The molecule has 0 atom stereocenters. The van der Waals surface area contributed by atoms with Crippen LogP contribution in [-0.2, 0) is 4.43 Å². The number of anilines is 2. The zero-order valence-electron chi connectivity index (χ0n) is 26.7. The van der Waals surface area contributed by atoms with Crippen LogP contribution in [0.15, 0.2) is 40.8 Å².